The van der Waals surface area contributed by atoms with Crippen molar-refractivity contribution in [3.05, 3.63) is 60.2 Å². The van der Waals surface area contributed by atoms with Gasteiger partial charge in [-0.25, -0.2) is 0 Å². The van der Waals surface area contributed by atoms with Crippen molar-refractivity contribution in [3.8, 4) is 0 Å². The van der Waals surface area contributed by atoms with E-state index >= 15 is 0 Å². The molecule has 0 unspecified atom stereocenters. The lowest BCUT2D eigenvalue weighted by Gasteiger charge is -2.11. The van der Waals surface area contributed by atoms with E-state index in [9.17, 15) is 0 Å². The summed E-state index contributed by atoms with van der Waals surface area (Å²) in [6, 6.07) is 8.43. The van der Waals surface area contributed by atoms with Crippen molar-refractivity contribution in [2.75, 3.05) is 0 Å². The molecule has 122 valence electrons. The molecular weight excluding hydrogens is 268 g/mol. The highest BCUT2D eigenvalue weighted by atomic mass is 14.6. The van der Waals surface area contributed by atoms with Crippen LogP contribution in [0.4, 0.5) is 0 Å². The Labute approximate surface area is 137 Å². The second-order valence-electron chi connectivity index (χ2n) is 4.89. The number of hydrogen-bond acceptors (Lipinski definition) is 2. The molecule has 0 aliphatic heterocycles. The molecule has 0 bridgehead atoms. The zero-order valence-corrected chi connectivity index (χ0v) is 14.9. The van der Waals surface area contributed by atoms with Gasteiger partial charge in [-0.1, -0.05) is 34.6 Å². The summed E-state index contributed by atoms with van der Waals surface area (Å²) in [6.45, 7) is 10.3. The van der Waals surface area contributed by atoms with Crippen LogP contribution in [0, 0.1) is 5.92 Å². The summed E-state index contributed by atoms with van der Waals surface area (Å²) in [7, 11) is 0. The molecule has 2 aromatic heterocycles. The molecule has 0 saturated heterocycles. The van der Waals surface area contributed by atoms with Gasteiger partial charge in [0.2, 0.25) is 0 Å². The molecule has 22 heavy (non-hydrogen) atoms. The number of pyridine rings is 2. The zero-order valence-electron chi connectivity index (χ0n) is 14.9. The number of nitrogens with zero attached hydrogens (tertiary/aromatic N) is 2. The fraction of sp³-hybridized carbons (Fsp3) is 0.500. The van der Waals surface area contributed by atoms with Crippen LogP contribution in [0.15, 0.2) is 49.1 Å². The van der Waals surface area contributed by atoms with Crippen LogP contribution in [0.1, 0.15) is 58.6 Å². The second kappa shape index (κ2) is 14.2. The predicted octanol–water partition coefficient (Wildman–Crippen LogP) is 5.73. The maximum absolute atomic E-state index is 4.04. The highest BCUT2D eigenvalue weighted by Crippen LogP contribution is 2.15. The molecule has 0 spiro atoms. The highest BCUT2D eigenvalue weighted by Gasteiger charge is 2.03. The minimum absolute atomic E-state index is 0.756. The van der Waals surface area contributed by atoms with E-state index in [0.29, 0.717) is 0 Å². The van der Waals surface area contributed by atoms with Crippen molar-refractivity contribution < 1.29 is 0 Å². The first-order valence-corrected chi connectivity index (χ1v) is 8.62. The molecule has 2 rings (SSSR count). The summed E-state index contributed by atoms with van der Waals surface area (Å²) in [5, 5.41) is 0. The van der Waals surface area contributed by atoms with Crippen molar-refractivity contribution >= 4 is 0 Å². The van der Waals surface area contributed by atoms with Crippen LogP contribution in [-0.4, -0.2) is 9.97 Å². The van der Waals surface area contributed by atoms with Gasteiger partial charge in [0.25, 0.3) is 0 Å². The predicted molar refractivity (Wildman–Crippen MR) is 97.0 cm³/mol. The summed E-state index contributed by atoms with van der Waals surface area (Å²) in [5.74, 6) is 0.756. The monoisotopic (exact) mass is 300 g/mol. The molecule has 2 heteroatoms. The quantitative estimate of drug-likeness (QED) is 0.680. The van der Waals surface area contributed by atoms with Crippen LogP contribution in [0.3, 0.4) is 0 Å². The Morgan fingerprint density at radius 2 is 1.00 bits per heavy atom. The SMILES string of the molecule is CC.CC.CC(CCc1ccncc1)CCc1ccncc1. The van der Waals surface area contributed by atoms with Gasteiger partial charge in [-0.05, 0) is 67.0 Å². The Kier molecular flexibility index (Phi) is 13.1. The molecule has 0 amide bonds. The smallest absolute Gasteiger partial charge is 0.0270 e. The summed E-state index contributed by atoms with van der Waals surface area (Å²) >= 11 is 0. The van der Waals surface area contributed by atoms with Crippen molar-refractivity contribution in [3.63, 3.8) is 0 Å². The molecule has 0 N–H and O–H groups in total. The zero-order chi connectivity index (χ0) is 16.6. The van der Waals surface area contributed by atoms with Gasteiger partial charge in [-0.15, -0.1) is 0 Å². The number of rotatable bonds is 6. The van der Waals surface area contributed by atoms with Gasteiger partial charge in [0.1, 0.15) is 0 Å². The number of hydrogen-bond donors (Lipinski definition) is 0. The van der Waals surface area contributed by atoms with Crippen molar-refractivity contribution in [1.29, 1.82) is 0 Å². The van der Waals surface area contributed by atoms with Gasteiger partial charge in [0.05, 0.1) is 0 Å². The maximum Gasteiger partial charge on any atom is 0.0270 e. The average Bonchev–Trinajstić information content (AvgIpc) is 2.63. The molecular formula is C20H32N2. The number of aryl methyl sites for hydroxylation is 2. The van der Waals surface area contributed by atoms with E-state index in [-0.39, 0.29) is 0 Å². The first-order chi connectivity index (χ1) is 10.8. The maximum atomic E-state index is 4.04. The third kappa shape index (κ3) is 9.28. The molecule has 2 aromatic rings. The molecule has 0 fully saturated rings. The van der Waals surface area contributed by atoms with E-state index in [2.05, 4.69) is 41.2 Å². The Hall–Kier alpha value is -1.70. The van der Waals surface area contributed by atoms with Crippen LogP contribution in [0.2, 0.25) is 0 Å². The summed E-state index contributed by atoms with van der Waals surface area (Å²) in [5.41, 5.74) is 2.78. The lowest BCUT2D eigenvalue weighted by molar-refractivity contribution is 0.493. The summed E-state index contributed by atoms with van der Waals surface area (Å²) < 4.78 is 0. The van der Waals surface area contributed by atoms with Gasteiger partial charge in [0.15, 0.2) is 0 Å². The van der Waals surface area contributed by atoms with Crippen LogP contribution in [-0.2, 0) is 12.8 Å². The molecule has 0 aromatic carbocycles. The van der Waals surface area contributed by atoms with E-state index < -0.39 is 0 Å². The molecule has 2 nitrogen and oxygen atoms in total. The lowest BCUT2D eigenvalue weighted by atomic mass is 9.95. The fourth-order valence-electron chi connectivity index (χ4n) is 2.07. The van der Waals surface area contributed by atoms with Gasteiger partial charge in [0, 0.05) is 24.8 Å². The van der Waals surface area contributed by atoms with Gasteiger partial charge in [-0.3, -0.25) is 9.97 Å². The van der Waals surface area contributed by atoms with E-state index in [0.717, 1.165) is 18.8 Å². The first-order valence-electron chi connectivity index (χ1n) is 8.62. The average molecular weight is 300 g/mol. The van der Waals surface area contributed by atoms with Crippen LogP contribution < -0.4 is 0 Å². The minimum atomic E-state index is 0.756. The Morgan fingerprint density at radius 1 is 0.682 bits per heavy atom. The van der Waals surface area contributed by atoms with Crippen LogP contribution in [0.5, 0.6) is 0 Å². The highest BCUT2D eigenvalue weighted by molar-refractivity contribution is 5.10. The van der Waals surface area contributed by atoms with E-state index in [1.54, 1.807) is 0 Å². The Bertz CT molecular complexity index is 396. The topological polar surface area (TPSA) is 25.8 Å². The summed E-state index contributed by atoms with van der Waals surface area (Å²) in [4.78, 5) is 8.09. The molecule has 0 aliphatic carbocycles. The van der Waals surface area contributed by atoms with Crippen LogP contribution in [0.25, 0.3) is 0 Å². The fourth-order valence-corrected chi connectivity index (χ4v) is 2.07. The normalized spacial score (nSPS) is 9.36. The van der Waals surface area contributed by atoms with Gasteiger partial charge in [-0.2, -0.15) is 0 Å². The third-order valence-electron chi connectivity index (χ3n) is 3.35. The first kappa shape index (κ1) is 20.3. The third-order valence-corrected chi connectivity index (χ3v) is 3.35. The largest absolute Gasteiger partial charge is 0.265 e. The summed E-state index contributed by atoms with van der Waals surface area (Å²) in [6.07, 6.45) is 12.3. The molecule has 0 aliphatic rings. The molecule has 0 radical (unpaired) electrons. The van der Waals surface area contributed by atoms with Crippen molar-refractivity contribution in [1.82, 2.24) is 9.97 Å². The second-order valence-corrected chi connectivity index (χ2v) is 4.89. The van der Waals surface area contributed by atoms with Crippen molar-refractivity contribution in [2.45, 2.75) is 60.3 Å². The van der Waals surface area contributed by atoms with Gasteiger partial charge >= 0.3 is 0 Å². The van der Waals surface area contributed by atoms with E-state index in [1.165, 1.54) is 24.0 Å². The minimum Gasteiger partial charge on any atom is -0.265 e. The lowest BCUT2D eigenvalue weighted by Crippen LogP contribution is -2.00. The Morgan fingerprint density at radius 3 is 1.32 bits per heavy atom. The molecule has 0 saturated carbocycles. The molecule has 2 heterocycles. The standard InChI is InChI=1S/C16H20N2.2C2H6/c1-14(2-4-15-6-10-17-11-7-15)3-5-16-8-12-18-13-9-16;2*1-2/h6-14H,2-5H2,1H3;2*1-2H3. The molecule has 0 atom stereocenters. The van der Waals surface area contributed by atoms with Crippen molar-refractivity contribution in [2.24, 2.45) is 5.92 Å². The number of aromatic nitrogens is 2. The van der Waals surface area contributed by atoms with Crippen LogP contribution >= 0.6 is 0 Å². The Balaban J connectivity index is 0.00000102. The van der Waals surface area contributed by atoms with Gasteiger partial charge < -0.3 is 0 Å². The van der Waals surface area contributed by atoms with E-state index in [4.69, 9.17) is 0 Å². The van der Waals surface area contributed by atoms with E-state index in [1.807, 2.05) is 52.5 Å².